The fraction of sp³-hybridized carbons (Fsp3) is 0.455. The number of hydrogen-bond acceptors (Lipinski definition) is 4. The van der Waals surface area contributed by atoms with Crippen molar-refractivity contribution in [3.63, 3.8) is 0 Å². The lowest BCUT2D eigenvalue weighted by Crippen LogP contribution is -2.38. The molecular formula is C11H16F2N2O3S. The van der Waals surface area contributed by atoms with E-state index in [1.807, 2.05) is 0 Å². The van der Waals surface area contributed by atoms with E-state index in [-0.39, 0.29) is 12.3 Å². The number of rotatable bonds is 6. The molecule has 0 amide bonds. The number of nitrogens with one attached hydrogen (secondary N) is 1. The molecule has 0 fully saturated rings. The standard InChI is InChI=1S/C11H16F2N2O3S/c1-3-8(6-18-2)15-19(16,17)10-5-7(14)4-9(12)11(10)13/h4-5,8,15H,3,6,14H2,1-2H3. The predicted molar refractivity (Wildman–Crippen MR) is 67.0 cm³/mol. The third-order valence-corrected chi connectivity index (χ3v) is 4.01. The van der Waals surface area contributed by atoms with E-state index < -0.39 is 32.6 Å². The third-order valence-electron chi connectivity index (χ3n) is 2.49. The average Bonchev–Trinajstić information content (AvgIpc) is 2.32. The monoisotopic (exact) mass is 294 g/mol. The molecule has 0 saturated heterocycles. The molecule has 1 rings (SSSR count). The zero-order valence-electron chi connectivity index (χ0n) is 10.6. The number of ether oxygens (including phenoxy) is 1. The Kier molecular flexibility index (Phi) is 5.21. The Hall–Kier alpha value is -1.25. The van der Waals surface area contributed by atoms with Gasteiger partial charge in [0.05, 0.1) is 6.61 Å². The van der Waals surface area contributed by atoms with Crippen LogP contribution >= 0.6 is 0 Å². The van der Waals surface area contributed by atoms with E-state index >= 15 is 0 Å². The quantitative estimate of drug-likeness (QED) is 0.774. The average molecular weight is 294 g/mol. The molecule has 0 bridgehead atoms. The molecule has 0 spiro atoms. The second-order valence-electron chi connectivity index (χ2n) is 4.00. The number of halogens is 2. The van der Waals surface area contributed by atoms with E-state index in [0.717, 1.165) is 12.1 Å². The van der Waals surface area contributed by atoms with Crippen molar-refractivity contribution in [3.8, 4) is 0 Å². The van der Waals surface area contributed by atoms with Crippen molar-refractivity contribution in [1.29, 1.82) is 0 Å². The molecule has 0 aliphatic carbocycles. The summed E-state index contributed by atoms with van der Waals surface area (Å²) in [7, 11) is -2.78. The third kappa shape index (κ3) is 3.85. The van der Waals surface area contributed by atoms with Crippen molar-refractivity contribution in [3.05, 3.63) is 23.8 Å². The van der Waals surface area contributed by atoms with E-state index in [4.69, 9.17) is 10.5 Å². The van der Waals surface area contributed by atoms with Crippen LogP contribution in [-0.4, -0.2) is 28.2 Å². The Morgan fingerprint density at radius 2 is 2.05 bits per heavy atom. The first-order valence-electron chi connectivity index (χ1n) is 5.57. The summed E-state index contributed by atoms with van der Waals surface area (Å²) >= 11 is 0. The van der Waals surface area contributed by atoms with Crippen LogP contribution in [0.25, 0.3) is 0 Å². The molecular weight excluding hydrogens is 278 g/mol. The van der Waals surface area contributed by atoms with Gasteiger partial charge in [-0.2, -0.15) is 0 Å². The van der Waals surface area contributed by atoms with Crippen molar-refractivity contribution in [2.45, 2.75) is 24.3 Å². The van der Waals surface area contributed by atoms with Crippen molar-refractivity contribution in [2.24, 2.45) is 0 Å². The van der Waals surface area contributed by atoms with Gasteiger partial charge in [0, 0.05) is 18.8 Å². The van der Waals surface area contributed by atoms with Gasteiger partial charge in [0.25, 0.3) is 0 Å². The summed E-state index contributed by atoms with van der Waals surface area (Å²) in [6.07, 6.45) is 0.444. The molecule has 19 heavy (non-hydrogen) atoms. The predicted octanol–water partition coefficient (Wildman–Crippen LogP) is 1.25. The van der Waals surface area contributed by atoms with Crippen molar-refractivity contribution in [1.82, 2.24) is 4.72 Å². The summed E-state index contributed by atoms with van der Waals surface area (Å²) in [6.45, 7) is 1.87. The number of hydrogen-bond donors (Lipinski definition) is 2. The molecule has 0 radical (unpaired) electrons. The van der Waals surface area contributed by atoms with Gasteiger partial charge in [-0.15, -0.1) is 0 Å². The van der Waals surface area contributed by atoms with Gasteiger partial charge < -0.3 is 10.5 Å². The van der Waals surface area contributed by atoms with E-state index in [2.05, 4.69) is 4.72 Å². The summed E-state index contributed by atoms with van der Waals surface area (Å²) in [5, 5.41) is 0. The number of sulfonamides is 1. The first-order valence-corrected chi connectivity index (χ1v) is 7.06. The van der Waals surface area contributed by atoms with Crippen LogP contribution in [0.5, 0.6) is 0 Å². The number of anilines is 1. The minimum absolute atomic E-state index is 0.127. The van der Waals surface area contributed by atoms with Crippen LogP contribution in [0.1, 0.15) is 13.3 Å². The fourth-order valence-corrected chi connectivity index (χ4v) is 2.92. The van der Waals surface area contributed by atoms with Gasteiger partial charge in [-0.3, -0.25) is 0 Å². The minimum Gasteiger partial charge on any atom is -0.399 e. The van der Waals surface area contributed by atoms with Gasteiger partial charge in [-0.05, 0) is 18.6 Å². The highest BCUT2D eigenvalue weighted by molar-refractivity contribution is 7.89. The molecule has 5 nitrogen and oxygen atoms in total. The van der Waals surface area contributed by atoms with Gasteiger partial charge in [-0.25, -0.2) is 21.9 Å². The molecule has 0 aromatic heterocycles. The summed E-state index contributed by atoms with van der Waals surface area (Å²) in [5.74, 6) is -2.76. The molecule has 0 saturated carbocycles. The van der Waals surface area contributed by atoms with Crippen LogP contribution in [0.15, 0.2) is 17.0 Å². The van der Waals surface area contributed by atoms with E-state index in [0.29, 0.717) is 6.42 Å². The van der Waals surface area contributed by atoms with Crippen LogP contribution in [0.4, 0.5) is 14.5 Å². The molecule has 1 unspecified atom stereocenters. The molecule has 0 aliphatic rings. The first-order chi connectivity index (χ1) is 8.81. The maximum absolute atomic E-state index is 13.5. The van der Waals surface area contributed by atoms with E-state index in [9.17, 15) is 17.2 Å². The molecule has 1 aromatic rings. The first kappa shape index (κ1) is 15.8. The van der Waals surface area contributed by atoms with Gasteiger partial charge >= 0.3 is 0 Å². The molecule has 3 N–H and O–H groups in total. The molecule has 8 heteroatoms. The van der Waals surface area contributed by atoms with Gasteiger partial charge in [0.2, 0.25) is 10.0 Å². The van der Waals surface area contributed by atoms with Crippen LogP contribution in [0.3, 0.4) is 0 Å². The summed E-state index contributed by atoms with van der Waals surface area (Å²) in [6, 6.07) is 1.07. The highest BCUT2D eigenvalue weighted by Crippen LogP contribution is 2.21. The van der Waals surface area contributed by atoms with Crippen LogP contribution in [0, 0.1) is 11.6 Å². The van der Waals surface area contributed by atoms with Crippen LogP contribution in [-0.2, 0) is 14.8 Å². The van der Waals surface area contributed by atoms with Crippen molar-refractivity contribution in [2.75, 3.05) is 19.5 Å². The lowest BCUT2D eigenvalue weighted by atomic mass is 10.3. The smallest absolute Gasteiger partial charge is 0.244 e. The second-order valence-corrected chi connectivity index (χ2v) is 5.68. The summed E-state index contributed by atoms with van der Waals surface area (Å²) < 4.78 is 57.7. The number of nitrogens with two attached hydrogens (primary N) is 1. The summed E-state index contributed by atoms with van der Waals surface area (Å²) in [5.41, 5.74) is 5.16. The molecule has 108 valence electrons. The number of benzene rings is 1. The zero-order chi connectivity index (χ0) is 14.6. The van der Waals surface area contributed by atoms with Gasteiger partial charge in [0.1, 0.15) is 4.90 Å². The van der Waals surface area contributed by atoms with Gasteiger partial charge in [-0.1, -0.05) is 6.92 Å². The second kappa shape index (κ2) is 6.27. The summed E-state index contributed by atoms with van der Waals surface area (Å²) in [4.78, 5) is -0.806. The molecule has 1 aromatic carbocycles. The van der Waals surface area contributed by atoms with E-state index in [1.54, 1.807) is 6.92 Å². The minimum atomic E-state index is -4.19. The van der Waals surface area contributed by atoms with Crippen molar-refractivity contribution >= 4 is 15.7 Å². The molecule has 0 heterocycles. The van der Waals surface area contributed by atoms with Gasteiger partial charge in [0.15, 0.2) is 11.6 Å². The number of methoxy groups -OCH3 is 1. The van der Waals surface area contributed by atoms with Crippen LogP contribution < -0.4 is 10.5 Å². The normalized spacial score (nSPS) is 13.5. The number of nitrogen functional groups attached to an aromatic ring is 1. The van der Waals surface area contributed by atoms with E-state index in [1.165, 1.54) is 7.11 Å². The highest BCUT2D eigenvalue weighted by Gasteiger charge is 2.25. The molecule has 1 atom stereocenters. The molecule has 0 aliphatic heterocycles. The lowest BCUT2D eigenvalue weighted by Gasteiger charge is -2.16. The Labute approximate surface area is 110 Å². The lowest BCUT2D eigenvalue weighted by molar-refractivity contribution is 0.173. The maximum Gasteiger partial charge on any atom is 0.244 e. The Morgan fingerprint density at radius 3 is 2.58 bits per heavy atom. The topological polar surface area (TPSA) is 81.4 Å². The Bertz CT molecular complexity index is 549. The highest BCUT2D eigenvalue weighted by atomic mass is 32.2. The van der Waals surface area contributed by atoms with Crippen molar-refractivity contribution < 1.29 is 21.9 Å². The SMILES string of the molecule is CCC(COC)NS(=O)(=O)c1cc(N)cc(F)c1F. The Balaban J connectivity index is 3.13. The largest absolute Gasteiger partial charge is 0.399 e. The van der Waals surface area contributed by atoms with Crippen LogP contribution in [0.2, 0.25) is 0 Å². The zero-order valence-corrected chi connectivity index (χ0v) is 11.4. The fourth-order valence-electron chi connectivity index (χ4n) is 1.50. The maximum atomic E-state index is 13.5. The Morgan fingerprint density at radius 1 is 1.42 bits per heavy atom.